The van der Waals surface area contributed by atoms with Gasteiger partial charge < -0.3 is 0 Å². The molecule has 13 heteroatoms. The van der Waals surface area contributed by atoms with Gasteiger partial charge in [-0.05, 0) is 11.5 Å². The summed E-state index contributed by atoms with van der Waals surface area (Å²) in [6, 6.07) is 0. The van der Waals surface area contributed by atoms with Gasteiger partial charge >= 0.3 is 6.18 Å². The summed E-state index contributed by atoms with van der Waals surface area (Å²) in [4.78, 5) is 2.81. The fourth-order valence-electron chi connectivity index (χ4n) is 0.748. The van der Waals surface area contributed by atoms with Crippen molar-refractivity contribution >= 4 is 41.1 Å². The summed E-state index contributed by atoms with van der Waals surface area (Å²) in [6.45, 7) is 0. The van der Waals surface area contributed by atoms with Crippen LogP contribution in [0.3, 0.4) is 0 Å². The molecule has 1 heterocycles. The summed E-state index contributed by atoms with van der Waals surface area (Å²) < 4.78 is 82.3. The van der Waals surface area contributed by atoms with Crippen molar-refractivity contribution in [1.29, 1.82) is 0 Å². The molecule has 1 aromatic heterocycles. The Bertz CT molecular complexity index is 635. The zero-order chi connectivity index (χ0) is 14.2. The van der Waals surface area contributed by atoms with Crippen LogP contribution in [0.1, 0.15) is 5.82 Å². The molecule has 0 spiro atoms. The van der Waals surface area contributed by atoms with E-state index >= 15 is 0 Å². The Balaban J connectivity index is 2.97. The molecule has 1 aromatic rings. The van der Waals surface area contributed by atoms with E-state index in [1.54, 1.807) is 0 Å². The van der Waals surface area contributed by atoms with Crippen molar-refractivity contribution in [2.45, 2.75) is 10.5 Å². The zero-order valence-electron chi connectivity index (χ0n) is 8.18. The highest BCUT2D eigenvalue weighted by Crippen LogP contribution is 2.29. The van der Waals surface area contributed by atoms with Crippen molar-refractivity contribution < 1.29 is 30.0 Å². The fourth-order valence-corrected chi connectivity index (χ4v) is 4.64. The zero-order valence-corrected chi connectivity index (χ0v) is 11.4. The van der Waals surface area contributed by atoms with Crippen LogP contribution in [0, 0.1) is 0 Å². The maximum Gasteiger partial charge on any atom is 0.452 e. The summed E-state index contributed by atoms with van der Waals surface area (Å²) in [6.07, 6.45) is -4.86. The molecule has 0 radical (unpaired) electrons. The lowest BCUT2D eigenvalue weighted by Crippen LogP contribution is -2.15. The molecule has 18 heavy (non-hydrogen) atoms. The van der Waals surface area contributed by atoms with Crippen LogP contribution in [0.4, 0.5) is 13.2 Å². The number of hydrogen-bond acceptors (Lipinski definition) is 7. The highest BCUT2D eigenvalue weighted by Gasteiger charge is 2.37. The second-order valence-corrected chi connectivity index (χ2v) is 8.87. The predicted octanol–water partition coefficient (Wildman–Crippen LogP) is 0.899. The fraction of sp³-hybridized carbons (Fsp3) is 0.600. The molecule has 0 amide bonds. The van der Waals surface area contributed by atoms with Crippen LogP contribution in [0.2, 0.25) is 0 Å². The van der Waals surface area contributed by atoms with Gasteiger partial charge in [0, 0.05) is 10.7 Å². The van der Waals surface area contributed by atoms with E-state index in [4.69, 9.17) is 10.7 Å². The van der Waals surface area contributed by atoms with Crippen molar-refractivity contribution in [2.24, 2.45) is 0 Å². The number of rotatable bonds is 4. The average molecular weight is 345 g/mol. The number of hydrogen-bond donors (Lipinski definition) is 0. The molecule has 0 aliphatic rings. The standard InChI is InChI=1S/C5H4ClF3N2O4S3/c6-18(14,15)2-1-17(12,13)4-10-3(11-16-4)5(7,8)9/h1-2H2. The Hall–Kier alpha value is -0.460. The molecule has 0 saturated heterocycles. The SMILES string of the molecule is O=S(=O)(Cl)CCS(=O)(=O)c1nc(C(F)(F)F)ns1. The summed E-state index contributed by atoms with van der Waals surface area (Å²) in [5, 5.41) is 0. The molecule has 1 rings (SSSR count). The Labute approximate surface area is 108 Å². The molecule has 0 aromatic carbocycles. The maximum atomic E-state index is 12.1. The smallest absolute Gasteiger partial charge is 0.221 e. The van der Waals surface area contributed by atoms with Crippen molar-refractivity contribution in [3.63, 3.8) is 0 Å². The molecule has 104 valence electrons. The third-order valence-electron chi connectivity index (χ3n) is 1.52. The average Bonchev–Trinajstić information content (AvgIpc) is 2.62. The van der Waals surface area contributed by atoms with Gasteiger partial charge in [-0.25, -0.2) is 16.8 Å². The Morgan fingerprint density at radius 2 is 1.72 bits per heavy atom. The van der Waals surface area contributed by atoms with Crippen LogP contribution < -0.4 is 0 Å². The van der Waals surface area contributed by atoms with E-state index in [9.17, 15) is 30.0 Å². The molecule has 0 aliphatic carbocycles. The number of sulfone groups is 1. The lowest BCUT2D eigenvalue weighted by atomic mass is 10.6. The van der Waals surface area contributed by atoms with Gasteiger partial charge in [-0.2, -0.15) is 22.5 Å². The van der Waals surface area contributed by atoms with Gasteiger partial charge in [-0.3, -0.25) is 0 Å². The molecule has 0 bridgehead atoms. The molecule has 0 unspecified atom stereocenters. The predicted molar refractivity (Wildman–Crippen MR) is 56.6 cm³/mol. The van der Waals surface area contributed by atoms with Crippen LogP contribution in [0.25, 0.3) is 0 Å². The first-order valence-electron chi connectivity index (χ1n) is 3.98. The summed E-state index contributed by atoms with van der Waals surface area (Å²) in [5.74, 6) is -3.46. The van der Waals surface area contributed by atoms with Gasteiger partial charge in [-0.15, -0.1) is 0 Å². The number of alkyl halides is 3. The van der Waals surface area contributed by atoms with Crippen molar-refractivity contribution in [1.82, 2.24) is 9.36 Å². The molecule has 0 aliphatic heterocycles. The van der Waals surface area contributed by atoms with Crippen LogP contribution in [0.5, 0.6) is 0 Å². The van der Waals surface area contributed by atoms with Crippen LogP contribution in [-0.4, -0.2) is 37.7 Å². The van der Waals surface area contributed by atoms with E-state index < -0.39 is 46.7 Å². The number of nitrogens with zero attached hydrogens (tertiary/aromatic N) is 2. The Morgan fingerprint density at radius 1 is 1.17 bits per heavy atom. The molecule has 0 atom stereocenters. The maximum absolute atomic E-state index is 12.1. The highest BCUT2D eigenvalue weighted by atomic mass is 35.7. The van der Waals surface area contributed by atoms with E-state index in [2.05, 4.69) is 9.36 Å². The van der Waals surface area contributed by atoms with Gasteiger partial charge in [0.15, 0.2) is 0 Å². The highest BCUT2D eigenvalue weighted by molar-refractivity contribution is 8.14. The normalized spacial score (nSPS) is 13.8. The number of halogens is 4. The largest absolute Gasteiger partial charge is 0.452 e. The minimum Gasteiger partial charge on any atom is -0.221 e. The van der Waals surface area contributed by atoms with Gasteiger partial charge in [0.1, 0.15) is 0 Å². The molecule has 0 fully saturated rings. The van der Waals surface area contributed by atoms with Crippen molar-refractivity contribution in [3.8, 4) is 0 Å². The molecule has 0 N–H and O–H groups in total. The van der Waals surface area contributed by atoms with E-state index in [0.717, 1.165) is 0 Å². The minimum absolute atomic E-state index is 0.0270. The van der Waals surface area contributed by atoms with Gasteiger partial charge in [0.2, 0.25) is 29.1 Å². The van der Waals surface area contributed by atoms with Crippen molar-refractivity contribution in [2.75, 3.05) is 11.5 Å². The first-order chi connectivity index (χ1) is 7.92. The van der Waals surface area contributed by atoms with E-state index in [-0.39, 0.29) is 11.5 Å². The monoisotopic (exact) mass is 344 g/mol. The summed E-state index contributed by atoms with van der Waals surface area (Å²) in [5.41, 5.74) is 0. The lowest BCUT2D eigenvalue weighted by molar-refractivity contribution is -0.144. The van der Waals surface area contributed by atoms with E-state index in [1.165, 1.54) is 0 Å². The number of aromatic nitrogens is 2. The molecular weight excluding hydrogens is 341 g/mol. The summed E-state index contributed by atoms with van der Waals surface area (Å²) >= 11 is 0.0270. The second kappa shape index (κ2) is 4.90. The van der Waals surface area contributed by atoms with Crippen LogP contribution in [0.15, 0.2) is 4.34 Å². The topological polar surface area (TPSA) is 94.1 Å². The Morgan fingerprint density at radius 3 is 2.11 bits per heavy atom. The summed E-state index contributed by atoms with van der Waals surface area (Å²) in [7, 11) is -3.51. The Kier molecular flexibility index (Phi) is 4.25. The van der Waals surface area contributed by atoms with Crippen LogP contribution >= 0.6 is 22.2 Å². The minimum atomic E-state index is -4.86. The van der Waals surface area contributed by atoms with Gasteiger partial charge in [-0.1, -0.05) is 0 Å². The lowest BCUT2D eigenvalue weighted by Gasteiger charge is -1.99. The first kappa shape index (κ1) is 15.6. The van der Waals surface area contributed by atoms with Crippen molar-refractivity contribution in [3.05, 3.63) is 5.82 Å². The molecule has 0 saturated carbocycles. The van der Waals surface area contributed by atoms with Gasteiger partial charge in [0.25, 0.3) is 0 Å². The molecule has 6 nitrogen and oxygen atoms in total. The van der Waals surface area contributed by atoms with Crippen LogP contribution in [-0.2, 0) is 25.1 Å². The molecular formula is C5H4ClF3N2O4S3. The third-order valence-corrected chi connectivity index (χ3v) is 5.80. The van der Waals surface area contributed by atoms with Gasteiger partial charge in [0.05, 0.1) is 11.5 Å². The second-order valence-electron chi connectivity index (χ2n) is 2.94. The van der Waals surface area contributed by atoms with E-state index in [1.807, 2.05) is 0 Å². The first-order valence-corrected chi connectivity index (χ1v) is 8.88. The third kappa shape index (κ3) is 4.33. The quantitative estimate of drug-likeness (QED) is 0.753. The van der Waals surface area contributed by atoms with E-state index in [0.29, 0.717) is 0 Å².